The monoisotopic (exact) mass is 572 g/mol. The predicted octanol–water partition coefficient (Wildman–Crippen LogP) is 4.62. The lowest BCUT2D eigenvalue weighted by atomic mass is 10.3. The van der Waals surface area contributed by atoms with Gasteiger partial charge in [0.1, 0.15) is 12.4 Å². The van der Waals surface area contributed by atoms with Gasteiger partial charge in [-0.2, -0.15) is 0 Å². The van der Waals surface area contributed by atoms with Crippen molar-refractivity contribution in [3.8, 4) is 5.75 Å². The Labute approximate surface area is 147 Å². The largest absolute Gasteiger partial charge is 0.488 e. The topological polar surface area (TPSA) is 49.7 Å². The summed E-state index contributed by atoms with van der Waals surface area (Å²) in [5.74, 6) is 0.578. The Morgan fingerprint density at radius 2 is 1.33 bits per heavy atom. The van der Waals surface area contributed by atoms with Crippen LogP contribution in [0.1, 0.15) is 6.42 Å². The van der Waals surface area contributed by atoms with E-state index in [0.29, 0.717) is 5.75 Å². The first kappa shape index (κ1) is 17.4. The van der Waals surface area contributed by atoms with Gasteiger partial charge in [0.2, 0.25) is 0 Å². The molecule has 1 unspecified atom stereocenters. The summed E-state index contributed by atoms with van der Waals surface area (Å²) >= 11 is 17.1. The molecule has 1 aromatic carbocycles. The molecule has 0 amide bonds. The maximum absolute atomic E-state index is 9.54. The van der Waals surface area contributed by atoms with Gasteiger partial charge in [-0.1, -0.05) is 0 Å². The predicted molar refractivity (Wildman–Crippen MR) is 88.1 cm³/mol. The number of aliphatic hydroxyl groups is 2. The molecule has 0 fully saturated rings. The van der Waals surface area contributed by atoms with Crippen LogP contribution in [0.15, 0.2) is 22.4 Å². The number of rotatable bonds is 5. The van der Waals surface area contributed by atoms with E-state index in [-0.39, 0.29) is 19.6 Å². The molecule has 2 N–H and O–H groups in total. The molecule has 3 nitrogen and oxygen atoms in total. The molecule has 1 atom stereocenters. The fraction of sp³-hybridized carbons (Fsp3) is 0.400. The SMILES string of the molecule is OCCC(O)COc1c(Br)c(Br)c(Br)c(Br)c1Br. The molecule has 0 saturated carbocycles. The molecule has 0 spiro atoms. The quantitative estimate of drug-likeness (QED) is 0.398. The Bertz CT molecular complexity index is 409. The van der Waals surface area contributed by atoms with Gasteiger partial charge in [0.15, 0.2) is 0 Å². The number of hydrogen-bond donors (Lipinski definition) is 2. The van der Waals surface area contributed by atoms with Crippen LogP contribution in [0.4, 0.5) is 0 Å². The van der Waals surface area contributed by atoms with Gasteiger partial charge in [0, 0.05) is 11.1 Å². The Balaban J connectivity index is 2.96. The van der Waals surface area contributed by atoms with Crippen molar-refractivity contribution in [3.05, 3.63) is 22.4 Å². The van der Waals surface area contributed by atoms with E-state index >= 15 is 0 Å². The fourth-order valence-corrected chi connectivity index (χ4v) is 4.36. The summed E-state index contributed by atoms with van der Waals surface area (Å²) in [5, 5.41) is 18.2. The van der Waals surface area contributed by atoms with Crippen molar-refractivity contribution < 1.29 is 14.9 Å². The van der Waals surface area contributed by atoms with Gasteiger partial charge in [-0.05, 0) is 86.1 Å². The number of hydrogen-bond acceptors (Lipinski definition) is 3. The molecule has 0 aromatic heterocycles. The number of halogens is 5. The second-order valence-electron chi connectivity index (χ2n) is 3.38. The Hall–Kier alpha value is 1.34. The normalized spacial score (nSPS) is 12.6. The van der Waals surface area contributed by atoms with Crippen LogP contribution >= 0.6 is 79.6 Å². The maximum Gasteiger partial charge on any atom is 0.150 e. The van der Waals surface area contributed by atoms with Crippen LogP contribution in [-0.4, -0.2) is 29.5 Å². The van der Waals surface area contributed by atoms with Gasteiger partial charge < -0.3 is 14.9 Å². The molecule has 0 aliphatic heterocycles. The van der Waals surface area contributed by atoms with E-state index in [1.165, 1.54) is 0 Å². The van der Waals surface area contributed by atoms with Gasteiger partial charge in [-0.25, -0.2) is 0 Å². The zero-order valence-electron chi connectivity index (χ0n) is 8.89. The molecule has 0 radical (unpaired) electrons. The van der Waals surface area contributed by atoms with E-state index < -0.39 is 6.10 Å². The van der Waals surface area contributed by atoms with Crippen LogP contribution in [0, 0.1) is 0 Å². The third-order valence-corrected chi connectivity index (χ3v) is 8.07. The van der Waals surface area contributed by atoms with E-state index in [1.54, 1.807) is 0 Å². The van der Waals surface area contributed by atoms with Crippen molar-refractivity contribution in [3.63, 3.8) is 0 Å². The van der Waals surface area contributed by atoms with Crippen LogP contribution in [0.5, 0.6) is 5.75 Å². The molecule has 18 heavy (non-hydrogen) atoms. The molecule has 0 saturated heterocycles. The van der Waals surface area contributed by atoms with Crippen LogP contribution in [0.2, 0.25) is 0 Å². The summed E-state index contributed by atoms with van der Waals surface area (Å²) in [7, 11) is 0. The minimum Gasteiger partial charge on any atom is -0.488 e. The molecule has 1 aromatic rings. The van der Waals surface area contributed by atoms with Gasteiger partial charge in [0.25, 0.3) is 0 Å². The molecular formula is C10H9Br5O3. The summed E-state index contributed by atoms with van der Waals surface area (Å²) < 4.78 is 9.51. The highest BCUT2D eigenvalue weighted by molar-refractivity contribution is 9.15. The molecule has 0 heterocycles. The van der Waals surface area contributed by atoms with E-state index in [0.717, 1.165) is 22.4 Å². The van der Waals surface area contributed by atoms with Crippen molar-refractivity contribution in [1.29, 1.82) is 0 Å². The molecule has 0 bridgehead atoms. The van der Waals surface area contributed by atoms with Gasteiger partial charge in [-0.15, -0.1) is 0 Å². The van der Waals surface area contributed by atoms with Gasteiger partial charge in [0.05, 0.1) is 24.0 Å². The standard InChI is InChI=1S/C10H9Br5O3/c11-5-6(12)8(14)10(9(15)7(5)13)18-3-4(17)1-2-16/h4,16-17H,1-3H2. The van der Waals surface area contributed by atoms with Gasteiger partial charge >= 0.3 is 0 Å². The second-order valence-corrected chi connectivity index (χ2v) is 7.34. The third-order valence-electron chi connectivity index (χ3n) is 2.05. The van der Waals surface area contributed by atoms with Crippen molar-refractivity contribution in [2.24, 2.45) is 0 Å². The first-order valence-electron chi connectivity index (χ1n) is 4.83. The van der Waals surface area contributed by atoms with Crippen LogP contribution < -0.4 is 4.74 Å². The summed E-state index contributed by atoms with van der Waals surface area (Å²) in [6, 6.07) is 0. The molecule has 8 heteroatoms. The molecular weight excluding hydrogens is 568 g/mol. The van der Waals surface area contributed by atoms with Crippen LogP contribution in [-0.2, 0) is 0 Å². The Morgan fingerprint density at radius 3 is 1.78 bits per heavy atom. The lowest BCUT2D eigenvalue weighted by Crippen LogP contribution is -2.19. The second kappa shape index (κ2) is 7.95. The third kappa shape index (κ3) is 4.17. The fourth-order valence-electron chi connectivity index (χ4n) is 1.12. The summed E-state index contributed by atoms with van der Waals surface area (Å²) in [4.78, 5) is 0. The smallest absolute Gasteiger partial charge is 0.150 e. The molecule has 1 rings (SSSR count). The van der Waals surface area contributed by atoms with Crippen molar-refractivity contribution in [1.82, 2.24) is 0 Å². The molecule has 102 valence electrons. The van der Waals surface area contributed by atoms with Crippen LogP contribution in [0.25, 0.3) is 0 Å². The van der Waals surface area contributed by atoms with Crippen LogP contribution in [0.3, 0.4) is 0 Å². The summed E-state index contributed by atoms with van der Waals surface area (Å²) in [6.45, 7) is 0.0405. The molecule has 0 aliphatic rings. The van der Waals surface area contributed by atoms with Crippen molar-refractivity contribution >= 4 is 79.6 Å². The lowest BCUT2D eigenvalue weighted by Gasteiger charge is -2.16. The zero-order chi connectivity index (χ0) is 13.9. The minimum absolute atomic E-state index is 0.0689. The minimum atomic E-state index is -0.699. The zero-order valence-corrected chi connectivity index (χ0v) is 16.8. The first-order valence-corrected chi connectivity index (χ1v) is 8.79. The van der Waals surface area contributed by atoms with Crippen molar-refractivity contribution in [2.45, 2.75) is 12.5 Å². The highest BCUT2D eigenvalue weighted by Crippen LogP contribution is 2.48. The number of benzene rings is 1. The van der Waals surface area contributed by atoms with Gasteiger partial charge in [-0.3, -0.25) is 0 Å². The Morgan fingerprint density at radius 1 is 0.889 bits per heavy atom. The van der Waals surface area contributed by atoms with E-state index in [4.69, 9.17) is 9.84 Å². The first-order chi connectivity index (χ1) is 8.40. The summed E-state index contributed by atoms with van der Waals surface area (Å²) in [6.07, 6.45) is -0.413. The van der Waals surface area contributed by atoms with E-state index in [9.17, 15) is 5.11 Å². The highest BCUT2D eigenvalue weighted by atomic mass is 79.9. The number of ether oxygens (including phenoxy) is 1. The summed E-state index contributed by atoms with van der Waals surface area (Å²) in [5.41, 5.74) is 0. The highest BCUT2D eigenvalue weighted by Gasteiger charge is 2.19. The maximum atomic E-state index is 9.54. The Kier molecular flexibility index (Phi) is 7.68. The average molecular weight is 577 g/mol. The molecule has 0 aliphatic carbocycles. The lowest BCUT2D eigenvalue weighted by molar-refractivity contribution is 0.0815. The van der Waals surface area contributed by atoms with E-state index in [2.05, 4.69) is 79.6 Å². The average Bonchev–Trinajstić information content (AvgIpc) is 2.34. The van der Waals surface area contributed by atoms with E-state index in [1.807, 2.05) is 0 Å². The number of aliphatic hydroxyl groups excluding tert-OH is 2. The van der Waals surface area contributed by atoms with Crippen molar-refractivity contribution in [2.75, 3.05) is 13.2 Å².